The smallest absolute Gasteiger partial charge is 0.358 e. The highest BCUT2D eigenvalue weighted by atomic mass is 35.6. The number of aliphatic hydroxyl groups excluding tert-OH is 1. The van der Waals surface area contributed by atoms with Crippen molar-refractivity contribution in [1.29, 1.82) is 0 Å². The van der Waals surface area contributed by atoms with Crippen LogP contribution in [0.5, 0.6) is 0 Å². The zero-order valence-electron chi connectivity index (χ0n) is 13.5. The maximum atomic E-state index is 12.5. The molecule has 2 N–H and O–H groups in total. The molecule has 1 aromatic rings. The summed E-state index contributed by atoms with van der Waals surface area (Å²) in [7, 11) is 0. The fraction of sp³-hybridized carbons (Fsp3) is 0.400. The van der Waals surface area contributed by atoms with Crippen molar-refractivity contribution in [3.63, 3.8) is 0 Å². The summed E-state index contributed by atoms with van der Waals surface area (Å²) in [5.41, 5.74) is -0.290. The number of thioether (sulfide) groups is 1. The first-order chi connectivity index (χ1) is 12.7. The number of rotatable bonds is 5. The molecular weight excluding hydrogens is 459 g/mol. The molecule has 1 saturated heterocycles. The number of alkyl halides is 3. The van der Waals surface area contributed by atoms with Gasteiger partial charge in [0.05, 0.1) is 12.2 Å². The van der Waals surface area contributed by atoms with Crippen LogP contribution < -0.4 is 5.32 Å². The summed E-state index contributed by atoms with van der Waals surface area (Å²) in [6, 6.07) is 2.88. The van der Waals surface area contributed by atoms with Crippen LogP contribution in [-0.2, 0) is 25.5 Å². The molecule has 12 heteroatoms. The number of esters is 1. The fourth-order valence-electron chi connectivity index (χ4n) is 2.60. The van der Waals surface area contributed by atoms with Crippen molar-refractivity contribution in [2.24, 2.45) is 0 Å². The van der Waals surface area contributed by atoms with Gasteiger partial charge in [-0.3, -0.25) is 14.5 Å². The number of carbonyl (C=O) groups excluding carboxylic acids is 3. The zero-order valence-corrected chi connectivity index (χ0v) is 17.4. The summed E-state index contributed by atoms with van der Waals surface area (Å²) in [5.74, 6) is -2.00. The first kappa shape index (κ1) is 20.6. The van der Waals surface area contributed by atoms with Crippen LogP contribution in [0.15, 0.2) is 29.0 Å². The summed E-state index contributed by atoms with van der Waals surface area (Å²) in [6.45, 7) is -0.534. The lowest BCUT2D eigenvalue weighted by Crippen LogP contribution is -2.70. The van der Waals surface area contributed by atoms with Gasteiger partial charge in [-0.15, -0.1) is 23.1 Å². The number of halogens is 3. The van der Waals surface area contributed by atoms with E-state index in [1.54, 1.807) is 0 Å². The van der Waals surface area contributed by atoms with Crippen molar-refractivity contribution in [3.05, 3.63) is 33.8 Å². The molecule has 1 aromatic heterocycles. The number of hydrogen-bond acceptors (Lipinski definition) is 7. The Morgan fingerprint density at radius 2 is 2.15 bits per heavy atom. The molecule has 2 aliphatic heterocycles. The summed E-state index contributed by atoms with van der Waals surface area (Å²) >= 11 is 19.3. The van der Waals surface area contributed by atoms with Crippen LogP contribution in [0.25, 0.3) is 0 Å². The van der Waals surface area contributed by atoms with Gasteiger partial charge >= 0.3 is 5.97 Å². The highest BCUT2D eigenvalue weighted by molar-refractivity contribution is 8.00. The predicted molar refractivity (Wildman–Crippen MR) is 104 cm³/mol. The van der Waals surface area contributed by atoms with Crippen molar-refractivity contribution < 1.29 is 24.2 Å². The molecule has 0 radical (unpaired) electrons. The average molecular weight is 472 g/mol. The van der Waals surface area contributed by atoms with Crippen LogP contribution in [0.3, 0.4) is 0 Å². The van der Waals surface area contributed by atoms with Crippen molar-refractivity contribution in [1.82, 2.24) is 10.2 Å². The third kappa shape index (κ3) is 4.65. The Labute approximate surface area is 177 Å². The second kappa shape index (κ2) is 8.08. The van der Waals surface area contributed by atoms with E-state index in [-0.39, 0.29) is 29.5 Å². The van der Waals surface area contributed by atoms with E-state index < -0.39 is 33.7 Å². The van der Waals surface area contributed by atoms with Gasteiger partial charge in [0.15, 0.2) is 5.70 Å². The molecular formula is C15H13Cl3N2O5S2. The molecule has 2 amide bonds. The molecule has 146 valence electrons. The Hall–Kier alpha value is -1.13. The summed E-state index contributed by atoms with van der Waals surface area (Å²) < 4.78 is 3.05. The van der Waals surface area contributed by atoms with Gasteiger partial charge in [0, 0.05) is 4.88 Å². The zero-order chi connectivity index (χ0) is 19.8. The summed E-state index contributed by atoms with van der Waals surface area (Å²) in [5, 5.41) is 14.0. The second-order valence-corrected chi connectivity index (χ2v) is 10.4. The Bertz CT molecular complexity index is 794. The van der Waals surface area contributed by atoms with Crippen molar-refractivity contribution in [2.75, 3.05) is 12.4 Å². The van der Waals surface area contributed by atoms with Crippen LogP contribution in [-0.4, -0.2) is 55.4 Å². The average Bonchev–Trinajstić information content (AvgIpc) is 3.09. The Balaban J connectivity index is 1.65. The minimum atomic E-state index is -1.81. The maximum Gasteiger partial charge on any atom is 0.358 e. The SMILES string of the molecule is O=C(Cc1cccs1)NC1C(=O)N2C(C(=O)OCC(Cl)(Cl)Cl)=C(O)CS[C@H]12. The Morgan fingerprint density at radius 1 is 1.41 bits per heavy atom. The van der Waals surface area contributed by atoms with Crippen LogP contribution in [0.2, 0.25) is 0 Å². The molecule has 0 saturated carbocycles. The topological polar surface area (TPSA) is 95.9 Å². The lowest BCUT2D eigenvalue weighted by atomic mass is 10.0. The largest absolute Gasteiger partial charge is 0.509 e. The quantitative estimate of drug-likeness (QED) is 0.389. The molecule has 0 spiro atoms. The molecule has 27 heavy (non-hydrogen) atoms. The third-order valence-electron chi connectivity index (χ3n) is 3.74. The van der Waals surface area contributed by atoms with Crippen molar-refractivity contribution >= 4 is 75.7 Å². The number of carbonyl (C=O) groups is 3. The standard InChI is InChI=1S/C15H13Cl3N2O5S2/c16-15(17,18)6-25-14(24)11-8(21)5-27-13-10(12(23)20(11)13)19-9(22)4-7-2-1-3-26-7/h1-3,10,13,21H,4-6H2,(H,19,22)/t10?,13-/m1/s1. The molecule has 3 heterocycles. The number of thiophene rings is 1. The van der Waals surface area contributed by atoms with Crippen LogP contribution in [0, 0.1) is 0 Å². The predicted octanol–water partition coefficient (Wildman–Crippen LogP) is 2.37. The highest BCUT2D eigenvalue weighted by Gasteiger charge is 2.54. The molecule has 2 aliphatic rings. The first-order valence-corrected chi connectivity index (χ1v) is 10.7. The minimum Gasteiger partial charge on any atom is -0.509 e. The van der Waals surface area contributed by atoms with E-state index in [9.17, 15) is 19.5 Å². The first-order valence-electron chi connectivity index (χ1n) is 7.60. The molecule has 1 fully saturated rings. The Morgan fingerprint density at radius 3 is 2.78 bits per heavy atom. The van der Waals surface area contributed by atoms with Gasteiger partial charge in [0.1, 0.15) is 23.8 Å². The van der Waals surface area contributed by atoms with E-state index in [4.69, 9.17) is 39.5 Å². The minimum absolute atomic E-state index is 0.0872. The number of ether oxygens (including phenoxy) is 1. The molecule has 0 aliphatic carbocycles. The summed E-state index contributed by atoms with van der Waals surface area (Å²) in [4.78, 5) is 38.8. The molecule has 1 unspecified atom stereocenters. The number of hydrogen-bond donors (Lipinski definition) is 2. The number of aliphatic hydroxyl groups is 1. The van der Waals surface area contributed by atoms with Gasteiger partial charge in [-0.2, -0.15) is 0 Å². The maximum absolute atomic E-state index is 12.5. The van der Waals surface area contributed by atoms with Gasteiger partial charge < -0.3 is 15.2 Å². The van der Waals surface area contributed by atoms with Gasteiger partial charge in [-0.1, -0.05) is 40.9 Å². The van der Waals surface area contributed by atoms with E-state index in [0.29, 0.717) is 0 Å². The van der Waals surface area contributed by atoms with Gasteiger partial charge in [0.2, 0.25) is 9.70 Å². The van der Waals surface area contributed by atoms with E-state index in [2.05, 4.69) is 5.32 Å². The van der Waals surface area contributed by atoms with E-state index in [1.807, 2.05) is 17.5 Å². The van der Waals surface area contributed by atoms with E-state index in [1.165, 1.54) is 23.1 Å². The van der Waals surface area contributed by atoms with Gasteiger partial charge in [0.25, 0.3) is 5.91 Å². The number of nitrogens with zero attached hydrogens (tertiary/aromatic N) is 1. The van der Waals surface area contributed by atoms with Crippen LogP contribution in [0.4, 0.5) is 0 Å². The van der Waals surface area contributed by atoms with Gasteiger partial charge in [-0.25, -0.2) is 4.79 Å². The summed E-state index contributed by atoms with van der Waals surface area (Å²) in [6.07, 6.45) is 0.165. The molecule has 2 atom stereocenters. The van der Waals surface area contributed by atoms with Crippen LogP contribution >= 0.6 is 57.9 Å². The highest BCUT2D eigenvalue weighted by Crippen LogP contribution is 2.40. The van der Waals surface area contributed by atoms with Crippen molar-refractivity contribution in [3.8, 4) is 0 Å². The van der Waals surface area contributed by atoms with Gasteiger partial charge in [-0.05, 0) is 11.4 Å². The van der Waals surface area contributed by atoms with E-state index in [0.717, 1.165) is 9.78 Å². The molecule has 0 aromatic carbocycles. The lowest BCUT2D eigenvalue weighted by Gasteiger charge is -2.48. The van der Waals surface area contributed by atoms with Crippen molar-refractivity contribution in [2.45, 2.75) is 21.6 Å². The van der Waals surface area contributed by atoms with E-state index >= 15 is 0 Å². The number of nitrogens with one attached hydrogen (secondary N) is 1. The molecule has 0 bridgehead atoms. The third-order valence-corrected chi connectivity index (χ3v) is 6.21. The number of amides is 2. The number of fused-ring (bicyclic) bond motifs is 1. The van der Waals surface area contributed by atoms with Crippen LogP contribution in [0.1, 0.15) is 4.88 Å². The fourth-order valence-corrected chi connectivity index (χ4v) is 4.67. The molecule has 7 nitrogen and oxygen atoms in total. The normalized spacial score (nSPS) is 22.2. The lowest BCUT2D eigenvalue weighted by molar-refractivity contribution is -0.153. The monoisotopic (exact) mass is 470 g/mol. The second-order valence-electron chi connectivity index (χ2n) is 5.70. The Kier molecular flexibility index (Phi) is 6.17. The molecule has 3 rings (SSSR count). The number of β-lactam (4-membered cyclic amide) rings is 1.